The van der Waals surface area contributed by atoms with Crippen molar-refractivity contribution in [3.8, 4) is 0 Å². The van der Waals surface area contributed by atoms with Crippen LogP contribution in [0.4, 0.5) is 0 Å². The summed E-state index contributed by atoms with van der Waals surface area (Å²) in [5.41, 5.74) is 1.11. The molecule has 2 rings (SSSR count). The zero-order chi connectivity index (χ0) is 13.8. The lowest BCUT2D eigenvalue weighted by Gasteiger charge is -2.18. The average Bonchev–Trinajstić information content (AvgIpc) is 2.78. The maximum Gasteiger partial charge on any atom is 0.169 e. The molecule has 1 heterocycles. The Morgan fingerprint density at radius 2 is 2.05 bits per heavy atom. The summed E-state index contributed by atoms with van der Waals surface area (Å²) in [6.45, 7) is 3.05. The smallest absolute Gasteiger partial charge is 0.169 e. The van der Waals surface area contributed by atoms with Crippen molar-refractivity contribution in [2.45, 2.75) is 19.4 Å². The molecule has 1 N–H and O–H groups in total. The molecule has 2 aromatic rings. The fraction of sp³-hybridized carbons (Fsp3) is 0.286. The van der Waals surface area contributed by atoms with Crippen molar-refractivity contribution in [2.75, 3.05) is 6.54 Å². The van der Waals surface area contributed by atoms with Gasteiger partial charge in [0.25, 0.3) is 0 Å². The van der Waals surface area contributed by atoms with Gasteiger partial charge in [0, 0.05) is 9.50 Å². The highest BCUT2D eigenvalue weighted by Gasteiger charge is 2.19. The lowest BCUT2D eigenvalue weighted by molar-refractivity contribution is 0.432. The van der Waals surface area contributed by atoms with Crippen molar-refractivity contribution >= 4 is 43.5 Å². The molecule has 2 nitrogen and oxygen atoms in total. The molecule has 0 aliphatic heterocycles. The molecule has 0 saturated heterocycles. The predicted molar refractivity (Wildman–Crippen MR) is 85.7 cm³/mol. The Labute approximate surface area is 134 Å². The number of furan rings is 1. The quantitative estimate of drug-likeness (QED) is 0.703. The summed E-state index contributed by atoms with van der Waals surface area (Å²) in [7, 11) is 0. The van der Waals surface area contributed by atoms with Gasteiger partial charge in [-0.1, -0.05) is 40.5 Å². The van der Waals surface area contributed by atoms with Gasteiger partial charge in [0.15, 0.2) is 4.67 Å². The Balaban J connectivity index is 2.36. The van der Waals surface area contributed by atoms with Gasteiger partial charge in [-0.2, -0.15) is 0 Å². The number of rotatable bonds is 5. The van der Waals surface area contributed by atoms with Crippen LogP contribution in [0.1, 0.15) is 30.7 Å². The molecule has 0 aliphatic rings. The molecule has 1 atom stereocenters. The van der Waals surface area contributed by atoms with E-state index in [9.17, 15) is 0 Å². The summed E-state index contributed by atoms with van der Waals surface area (Å²) in [5.74, 6) is 0.878. The van der Waals surface area contributed by atoms with Crippen LogP contribution < -0.4 is 5.32 Å². The van der Waals surface area contributed by atoms with Gasteiger partial charge < -0.3 is 9.73 Å². The van der Waals surface area contributed by atoms with E-state index in [2.05, 4.69) is 44.1 Å². The predicted octanol–water partition coefficient (Wildman–Crippen LogP) is 5.55. The molecule has 19 heavy (non-hydrogen) atoms. The molecular formula is C14H14Br2ClNO. The van der Waals surface area contributed by atoms with Gasteiger partial charge in [0.2, 0.25) is 0 Å². The van der Waals surface area contributed by atoms with Crippen LogP contribution in [0.3, 0.4) is 0 Å². The minimum atomic E-state index is 0.0119. The molecule has 0 saturated carbocycles. The molecular weight excluding hydrogens is 393 g/mol. The van der Waals surface area contributed by atoms with E-state index in [1.54, 1.807) is 0 Å². The molecule has 1 aromatic heterocycles. The molecule has 0 fully saturated rings. The van der Waals surface area contributed by atoms with Crippen molar-refractivity contribution in [3.05, 3.63) is 55.8 Å². The first-order chi connectivity index (χ1) is 9.11. The molecule has 0 amide bonds. The van der Waals surface area contributed by atoms with E-state index >= 15 is 0 Å². The standard InChI is InChI=1S/C14H14Br2ClNO/c1-2-7-18-14(12-5-6-13(16)19-12)10-4-3-9(17)8-11(10)15/h3-6,8,14,18H,2,7H2,1H3. The summed E-state index contributed by atoms with van der Waals surface area (Å²) in [5, 5.41) is 4.20. The normalized spacial score (nSPS) is 12.6. The Bertz CT molecular complexity index is 556. The van der Waals surface area contributed by atoms with E-state index in [1.807, 2.05) is 30.3 Å². The highest BCUT2D eigenvalue weighted by molar-refractivity contribution is 9.10. The van der Waals surface area contributed by atoms with E-state index in [0.717, 1.165) is 33.4 Å². The van der Waals surface area contributed by atoms with Crippen LogP contribution in [-0.4, -0.2) is 6.54 Å². The topological polar surface area (TPSA) is 25.2 Å². The summed E-state index contributed by atoms with van der Waals surface area (Å²) < 4.78 is 7.39. The molecule has 5 heteroatoms. The second kappa shape index (κ2) is 6.93. The van der Waals surface area contributed by atoms with Crippen LogP contribution in [0, 0.1) is 0 Å². The molecule has 0 spiro atoms. The zero-order valence-electron chi connectivity index (χ0n) is 10.4. The van der Waals surface area contributed by atoms with Crippen LogP contribution >= 0.6 is 43.5 Å². The fourth-order valence-electron chi connectivity index (χ4n) is 1.87. The lowest BCUT2D eigenvalue weighted by Crippen LogP contribution is -2.23. The lowest BCUT2D eigenvalue weighted by atomic mass is 10.0. The maximum absolute atomic E-state index is 5.99. The van der Waals surface area contributed by atoms with Crippen molar-refractivity contribution in [1.82, 2.24) is 5.32 Å². The van der Waals surface area contributed by atoms with Gasteiger partial charge in [-0.25, -0.2) is 0 Å². The first-order valence-corrected chi connectivity index (χ1v) is 8.01. The Morgan fingerprint density at radius 1 is 1.26 bits per heavy atom. The van der Waals surface area contributed by atoms with Crippen molar-refractivity contribution in [2.24, 2.45) is 0 Å². The average molecular weight is 408 g/mol. The van der Waals surface area contributed by atoms with Gasteiger partial charge in [0.05, 0.1) is 6.04 Å². The number of nitrogens with one attached hydrogen (secondary N) is 1. The number of benzene rings is 1. The third-order valence-electron chi connectivity index (χ3n) is 2.75. The van der Waals surface area contributed by atoms with E-state index in [-0.39, 0.29) is 6.04 Å². The van der Waals surface area contributed by atoms with E-state index in [1.165, 1.54) is 0 Å². The van der Waals surface area contributed by atoms with Gasteiger partial charge in [-0.3, -0.25) is 0 Å². The Kier molecular flexibility index (Phi) is 5.51. The molecule has 0 bridgehead atoms. The summed E-state index contributed by atoms with van der Waals surface area (Å²) in [4.78, 5) is 0. The maximum atomic E-state index is 5.99. The van der Waals surface area contributed by atoms with Gasteiger partial charge in [-0.05, 0) is 58.7 Å². The molecule has 1 aromatic carbocycles. The van der Waals surface area contributed by atoms with Gasteiger partial charge in [-0.15, -0.1) is 0 Å². The van der Waals surface area contributed by atoms with Crippen LogP contribution in [0.2, 0.25) is 5.02 Å². The SMILES string of the molecule is CCCNC(c1ccc(Br)o1)c1ccc(Cl)cc1Br. The minimum Gasteiger partial charge on any atom is -0.452 e. The third kappa shape index (κ3) is 3.85. The van der Waals surface area contributed by atoms with E-state index in [4.69, 9.17) is 16.0 Å². The summed E-state index contributed by atoms with van der Waals surface area (Å²) >= 11 is 12.9. The largest absolute Gasteiger partial charge is 0.452 e. The highest BCUT2D eigenvalue weighted by Crippen LogP contribution is 2.32. The third-order valence-corrected chi connectivity index (χ3v) is 4.10. The van der Waals surface area contributed by atoms with Gasteiger partial charge >= 0.3 is 0 Å². The van der Waals surface area contributed by atoms with E-state index in [0.29, 0.717) is 5.02 Å². The fourth-order valence-corrected chi connectivity index (χ4v) is 3.10. The monoisotopic (exact) mass is 405 g/mol. The van der Waals surface area contributed by atoms with E-state index < -0.39 is 0 Å². The molecule has 0 radical (unpaired) electrons. The number of hydrogen-bond acceptors (Lipinski definition) is 2. The molecule has 0 aliphatic carbocycles. The van der Waals surface area contributed by atoms with Crippen LogP contribution in [0.15, 0.2) is 43.9 Å². The Hall–Kier alpha value is -0.290. The van der Waals surface area contributed by atoms with Crippen LogP contribution in [-0.2, 0) is 0 Å². The Morgan fingerprint density at radius 3 is 2.63 bits per heavy atom. The first kappa shape index (κ1) is 15.1. The highest BCUT2D eigenvalue weighted by atomic mass is 79.9. The van der Waals surface area contributed by atoms with Crippen molar-refractivity contribution in [1.29, 1.82) is 0 Å². The first-order valence-electron chi connectivity index (χ1n) is 6.05. The number of halogens is 3. The summed E-state index contributed by atoms with van der Waals surface area (Å²) in [6, 6.07) is 9.68. The zero-order valence-corrected chi connectivity index (χ0v) is 14.3. The number of hydrogen-bond donors (Lipinski definition) is 1. The van der Waals surface area contributed by atoms with Gasteiger partial charge in [0.1, 0.15) is 5.76 Å². The van der Waals surface area contributed by atoms with Crippen LogP contribution in [0.5, 0.6) is 0 Å². The van der Waals surface area contributed by atoms with Crippen LogP contribution in [0.25, 0.3) is 0 Å². The van der Waals surface area contributed by atoms with Crippen molar-refractivity contribution < 1.29 is 4.42 Å². The second-order valence-corrected chi connectivity index (χ2v) is 6.27. The molecule has 1 unspecified atom stereocenters. The second-order valence-electron chi connectivity index (χ2n) is 4.19. The summed E-state index contributed by atoms with van der Waals surface area (Å²) in [6.07, 6.45) is 1.06. The molecule has 102 valence electrons. The minimum absolute atomic E-state index is 0.0119. The van der Waals surface area contributed by atoms with Crippen molar-refractivity contribution in [3.63, 3.8) is 0 Å².